The van der Waals surface area contributed by atoms with E-state index in [0.717, 1.165) is 49.6 Å². The Morgan fingerprint density at radius 3 is 2.69 bits per heavy atom. The molecule has 0 radical (unpaired) electrons. The number of amides is 1. The number of nitrogens with one attached hydrogen (secondary N) is 1. The third-order valence-electron chi connectivity index (χ3n) is 5.97. The van der Waals surface area contributed by atoms with Gasteiger partial charge in [0.05, 0.1) is 5.69 Å². The molecule has 6 nitrogen and oxygen atoms in total. The number of likely N-dealkylation sites (tertiary alicyclic amines) is 1. The standard InChI is InChI=1S/C22H24F4N4O2/c1-21(18-7-10-27-20(29-18)28-15-4-5-15)8-2-11-30(12-9-21)19(31)14-3-6-17(16(23)13-14)32-22(24,25)26/h3,6-7,10,13,15H,2,4-5,8-9,11-12H2,1H3,(H,27,28,29). The molecule has 0 spiro atoms. The number of halogens is 4. The van der Waals surface area contributed by atoms with Crippen LogP contribution in [0.1, 0.15) is 55.1 Å². The molecule has 1 saturated heterocycles. The van der Waals surface area contributed by atoms with Crippen molar-refractivity contribution in [2.24, 2.45) is 0 Å². The van der Waals surface area contributed by atoms with E-state index in [9.17, 15) is 22.4 Å². The molecule has 1 saturated carbocycles. The highest BCUT2D eigenvalue weighted by Gasteiger charge is 2.34. The summed E-state index contributed by atoms with van der Waals surface area (Å²) in [6.45, 7) is 3.00. The van der Waals surface area contributed by atoms with Gasteiger partial charge in [-0.3, -0.25) is 4.79 Å². The van der Waals surface area contributed by atoms with Crippen molar-refractivity contribution in [3.05, 3.63) is 47.5 Å². The molecule has 1 N–H and O–H groups in total. The minimum atomic E-state index is -5.00. The van der Waals surface area contributed by atoms with E-state index in [1.54, 1.807) is 11.1 Å². The van der Waals surface area contributed by atoms with Crippen LogP contribution in [-0.2, 0) is 5.41 Å². The quantitative estimate of drug-likeness (QED) is 0.668. The second-order valence-electron chi connectivity index (χ2n) is 8.58. The molecular weight excluding hydrogens is 428 g/mol. The SMILES string of the molecule is CC1(c2ccnc(NC3CC3)n2)CCCN(C(=O)c2ccc(OC(F)(F)F)c(F)c2)CC1. The second-order valence-corrected chi connectivity index (χ2v) is 8.58. The van der Waals surface area contributed by atoms with Crippen LogP contribution in [0.25, 0.3) is 0 Å². The lowest BCUT2D eigenvalue weighted by molar-refractivity contribution is -0.275. The van der Waals surface area contributed by atoms with Crippen LogP contribution in [0.3, 0.4) is 0 Å². The van der Waals surface area contributed by atoms with E-state index in [1.165, 1.54) is 0 Å². The van der Waals surface area contributed by atoms with E-state index in [-0.39, 0.29) is 11.0 Å². The fourth-order valence-electron chi connectivity index (χ4n) is 3.94. The number of aromatic nitrogens is 2. The average molecular weight is 452 g/mol. The zero-order valence-corrected chi connectivity index (χ0v) is 17.6. The van der Waals surface area contributed by atoms with Gasteiger partial charge in [0.2, 0.25) is 5.95 Å². The number of hydrogen-bond donors (Lipinski definition) is 1. The van der Waals surface area contributed by atoms with Crippen molar-refractivity contribution in [2.75, 3.05) is 18.4 Å². The highest BCUT2D eigenvalue weighted by atomic mass is 19.4. The van der Waals surface area contributed by atoms with E-state index in [0.29, 0.717) is 31.5 Å². The van der Waals surface area contributed by atoms with Crippen LogP contribution in [0.5, 0.6) is 5.75 Å². The molecular formula is C22H24F4N4O2. The van der Waals surface area contributed by atoms with Crippen molar-refractivity contribution in [1.82, 2.24) is 14.9 Å². The molecule has 1 aliphatic heterocycles. The molecule has 2 heterocycles. The van der Waals surface area contributed by atoms with E-state index >= 15 is 0 Å². The summed E-state index contributed by atoms with van der Waals surface area (Å²) in [5, 5.41) is 3.30. The van der Waals surface area contributed by atoms with Gasteiger partial charge < -0.3 is 15.0 Å². The molecule has 1 unspecified atom stereocenters. The van der Waals surface area contributed by atoms with Crippen LogP contribution in [0, 0.1) is 5.82 Å². The molecule has 0 bridgehead atoms. The number of carbonyl (C=O) groups excluding carboxylic acids is 1. The fraction of sp³-hybridized carbons (Fsp3) is 0.500. The highest BCUT2D eigenvalue weighted by Crippen LogP contribution is 2.35. The topological polar surface area (TPSA) is 67.4 Å². The lowest BCUT2D eigenvalue weighted by atomic mass is 9.79. The van der Waals surface area contributed by atoms with Crippen molar-refractivity contribution < 1.29 is 27.1 Å². The Labute approximate surface area is 183 Å². The number of carbonyl (C=O) groups is 1. The number of nitrogens with zero attached hydrogens (tertiary/aromatic N) is 3. The third kappa shape index (κ3) is 5.28. The van der Waals surface area contributed by atoms with Gasteiger partial charge in [0, 0.05) is 36.3 Å². The normalized spacial score (nSPS) is 21.7. The second kappa shape index (κ2) is 8.55. The Bertz CT molecular complexity index is 996. The van der Waals surface area contributed by atoms with Gasteiger partial charge in [0.25, 0.3) is 5.91 Å². The summed E-state index contributed by atoms with van der Waals surface area (Å²) in [6, 6.07) is 5.09. The number of ether oxygens (including phenoxy) is 1. The lowest BCUT2D eigenvalue weighted by Crippen LogP contribution is -2.33. The van der Waals surface area contributed by atoms with Crippen LogP contribution < -0.4 is 10.1 Å². The predicted octanol–water partition coefficient (Wildman–Crippen LogP) is 4.67. The Balaban J connectivity index is 1.44. The van der Waals surface area contributed by atoms with Crippen molar-refractivity contribution >= 4 is 11.9 Å². The van der Waals surface area contributed by atoms with E-state index in [1.807, 2.05) is 6.07 Å². The number of benzene rings is 1. The summed E-state index contributed by atoms with van der Waals surface area (Å²) in [5.74, 6) is -2.01. The Hall–Kier alpha value is -2.91. The predicted molar refractivity (Wildman–Crippen MR) is 109 cm³/mol. The zero-order valence-electron chi connectivity index (χ0n) is 17.6. The molecule has 2 aromatic rings. The van der Waals surface area contributed by atoms with Gasteiger partial charge in [-0.05, 0) is 56.4 Å². The zero-order chi connectivity index (χ0) is 22.9. The van der Waals surface area contributed by atoms with Crippen LogP contribution in [0.4, 0.5) is 23.5 Å². The Morgan fingerprint density at radius 2 is 2.00 bits per heavy atom. The van der Waals surface area contributed by atoms with E-state index in [4.69, 9.17) is 0 Å². The number of anilines is 1. The minimum absolute atomic E-state index is 0.0152. The largest absolute Gasteiger partial charge is 0.573 e. The summed E-state index contributed by atoms with van der Waals surface area (Å²) >= 11 is 0. The number of rotatable bonds is 5. The molecule has 1 aromatic heterocycles. The highest BCUT2D eigenvalue weighted by molar-refractivity contribution is 5.94. The van der Waals surface area contributed by atoms with Crippen LogP contribution >= 0.6 is 0 Å². The molecule has 4 rings (SSSR count). The molecule has 32 heavy (non-hydrogen) atoms. The monoisotopic (exact) mass is 452 g/mol. The molecule has 1 amide bonds. The molecule has 172 valence electrons. The summed E-state index contributed by atoms with van der Waals surface area (Å²) in [6.07, 6.45) is 1.14. The first kappa shape index (κ1) is 22.3. The van der Waals surface area contributed by atoms with Crippen molar-refractivity contribution in [3.8, 4) is 5.75 Å². The minimum Gasteiger partial charge on any atom is -0.403 e. The summed E-state index contributed by atoms with van der Waals surface area (Å²) in [4.78, 5) is 23.5. The van der Waals surface area contributed by atoms with Crippen molar-refractivity contribution in [2.45, 2.75) is 56.8 Å². The number of hydrogen-bond acceptors (Lipinski definition) is 5. The average Bonchev–Trinajstić information content (AvgIpc) is 3.56. The Kier molecular flexibility index (Phi) is 5.96. The number of alkyl halides is 3. The molecule has 2 fully saturated rings. The molecule has 1 aliphatic carbocycles. The van der Waals surface area contributed by atoms with Gasteiger partial charge in [-0.25, -0.2) is 14.4 Å². The van der Waals surface area contributed by atoms with Crippen molar-refractivity contribution in [1.29, 1.82) is 0 Å². The van der Waals surface area contributed by atoms with Crippen LogP contribution in [0.2, 0.25) is 0 Å². The smallest absolute Gasteiger partial charge is 0.403 e. The molecule has 2 aliphatic rings. The summed E-state index contributed by atoms with van der Waals surface area (Å²) in [7, 11) is 0. The van der Waals surface area contributed by atoms with Crippen molar-refractivity contribution in [3.63, 3.8) is 0 Å². The maximum absolute atomic E-state index is 14.0. The van der Waals surface area contributed by atoms with E-state index in [2.05, 4.69) is 26.9 Å². The maximum Gasteiger partial charge on any atom is 0.573 e. The molecule has 10 heteroatoms. The Morgan fingerprint density at radius 1 is 1.22 bits per heavy atom. The van der Waals surface area contributed by atoms with E-state index < -0.39 is 23.8 Å². The third-order valence-corrected chi connectivity index (χ3v) is 5.97. The van der Waals surface area contributed by atoms with Gasteiger partial charge in [-0.15, -0.1) is 13.2 Å². The summed E-state index contributed by atoms with van der Waals surface area (Å²) < 4.78 is 54.7. The lowest BCUT2D eigenvalue weighted by Gasteiger charge is -2.28. The van der Waals surface area contributed by atoms with Gasteiger partial charge in [-0.1, -0.05) is 6.92 Å². The first-order valence-electron chi connectivity index (χ1n) is 10.6. The van der Waals surface area contributed by atoms with Gasteiger partial charge in [0.15, 0.2) is 11.6 Å². The fourth-order valence-corrected chi connectivity index (χ4v) is 3.94. The van der Waals surface area contributed by atoms with Gasteiger partial charge in [-0.2, -0.15) is 0 Å². The first-order valence-corrected chi connectivity index (χ1v) is 10.6. The van der Waals surface area contributed by atoms with Crippen LogP contribution in [-0.4, -0.2) is 46.3 Å². The van der Waals surface area contributed by atoms with Gasteiger partial charge in [0.1, 0.15) is 0 Å². The van der Waals surface area contributed by atoms with Gasteiger partial charge >= 0.3 is 6.36 Å². The molecule has 1 atom stereocenters. The maximum atomic E-state index is 14.0. The van der Waals surface area contributed by atoms with Crippen LogP contribution in [0.15, 0.2) is 30.5 Å². The first-order chi connectivity index (χ1) is 15.1. The molecule has 1 aromatic carbocycles. The summed E-state index contributed by atoms with van der Waals surface area (Å²) in [5.41, 5.74) is 0.636.